The smallest absolute Gasteiger partial charge is 0.407 e. The fourth-order valence-corrected chi connectivity index (χ4v) is 5.05. The van der Waals surface area contributed by atoms with Gasteiger partial charge in [0.1, 0.15) is 5.60 Å². The highest BCUT2D eigenvalue weighted by molar-refractivity contribution is 5.67. The summed E-state index contributed by atoms with van der Waals surface area (Å²) in [7, 11) is 0. The number of carbonyl (C=O) groups is 1. The van der Waals surface area contributed by atoms with Gasteiger partial charge in [0.15, 0.2) is 0 Å². The highest BCUT2D eigenvalue weighted by atomic mass is 16.6. The molecular weight excluding hydrogens is 398 g/mol. The second kappa shape index (κ2) is 7.73. The van der Waals surface area contributed by atoms with Crippen molar-refractivity contribution in [3.63, 3.8) is 0 Å². The Labute approximate surface area is 189 Å². The van der Waals surface area contributed by atoms with Crippen molar-refractivity contribution in [1.82, 2.24) is 15.3 Å². The van der Waals surface area contributed by atoms with Gasteiger partial charge >= 0.3 is 6.09 Å². The second-order valence-electron chi connectivity index (χ2n) is 9.86. The molecule has 2 aliphatic rings. The van der Waals surface area contributed by atoms with E-state index < -0.39 is 11.7 Å². The van der Waals surface area contributed by atoms with E-state index in [4.69, 9.17) is 14.7 Å². The van der Waals surface area contributed by atoms with Gasteiger partial charge < -0.3 is 10.1 Å². The first kappa shape index (κ1) is 20.7. The number of fused-ring (bicyclic) bond motifs is 4. The van der Waals surface area contributed by atoms with Crippen molar-refractivity contribution in [1.29, 1.82) is 0 Å². The average Bonchev–Trinajstić information content (AvgIpc) is 3.33. The van der Waals surface area contributed by atoms with Crippen molar-refractivity contribution in [2.45, 2.75) is 64.0 Å². The predicted octanol–water partition coefficient (Wildman–Crippen LogP) is 5.35. The summed E-state index contributed by atoms with van der Waals surface area (Å²) in [5.74, 6) is 0. The van der Waals surface area contributed by atoms with Crippen LogP contribution in [0.2, 0.25) is 0 Å². The molecule has 164 valence electrons. The van der Waals surface area contributed by atoms with Crippen LogP contribution in [0.4, 0.5) is 4.79 Å². The fourth-order valence-electron chi connectivity index (χ4n) is 5.05. The Morgan fingerprint density at radius 3 is 2.53 bits per heavy atom. The molecule has 3 aromatic rings. The number of amides is 1. The molecule has 2 heterocycles. The van der Waals surface area contributed by atoms with E-state index in [-0.39, 0.29) is 5.41 Å². The number of pyridine rings is 2. The fraction of sp³-hybridized carbons (Fsp3) is 0.370. The summed E-state index contributed by atoms with van der Waals surface area (Å²) >= 11 is 0. The van der Waals surface area contributed by atoms with Gasteiger partial charge in [0.2, 0.25) is 0 Å². The number of nitrogens with one attached hydrogen (secondary N) is 1. The summed E-state index contributed by atoms with van der Waals surface area (Å²) in [5, 5.41) is 2.84. The molecule has 2 aliphatic carbocycles. The first-order chi connectivity index (χ1) is 15.3. The van der Waals surface area contributed by atoms with Crippen LogP contribution in [0, 0.1) is 0 Å². The lowest BCUT2D eigenvalue weighted by Gasteiger charge is -2.25. The summed E-state index contributed by atoms with van der Waals surface area (Å²) in [6.07, 6.45) is 5.61. The molecule has 0 unspecified atom stereocenters. The highest BCUT2D eigenvalue weighted by Crippen LogP contribution is 2.51. The third kappa shape index (κ3) is 3.77. The van der Waals surface area contributed by atoms with E-state index >= 15 is 0 Å². The van der Waals surface area contributed by atoms with E-state index in [2.05, 4.69) is 47.8 Å². The molecule has 1 amide bonds. The van der Waals surface area contributed by atoms with Crippen molar-refractivity contribution in [2.24, 2.45) is 0 Å². The standard InChI is InChI=1S/C27H29N3O2/c1-26(2,3)32-25(31)29-17-18-15-21-12-14-27(23(21)28-16-18)13-11-20-9-10-22(30-24(20)27)19-7-5-4-6-8-19/h4-10,15-16H,11-14,17H2,1-3H3,(H,29,31)/t27-/m0/s1. The molecule has 32 heavy (non-hydrogen) atoms. The molecule has 0 saturated carbocycles. The summed E-state index contributed by atoms with van der Waals surface area (Å²) in [6, 6.07) is 16.9. The molecule has 0 bridgehead atoms. The Bertz CT molecular complexity index is 1170. The second-order valence-corrected chi connectivity index (χ2v) is 9.86. The van der Waals surface area contributed by atoms with Crippen LogP contribution in [0.1, 0.15) is 61.7 Å². The van der Waals surface area contributed by atoms with E-state index in [0.717, 1.165) is 48.2 Å². The van der Waals surface area contributed by atoms with Crippen LogP contribution in [0.25, 0.3) is 11.3 Å². The minimum atomic E-state index is -0.506. The number of rotatable bonds is 3. The summed E-state index contributed by atoms with van der Waals surface area (Å²) in [5.41, 5.74) is 7.55. The van der Waals surface area contributed by atoms with Crippen molar-refractivity contribution >= 4 is 6.09 Å². The summed E-state index contributed by atoms with van der Waals surface area (Å²) in [6.45, 7) is 5.99. The third-order valence-corrected chi connectivity index (χ3v) is 6.46. The van der Waals surface area contributed by atoms with E-state index in [0.29, 0.717) is 6.54 Å². The lowest BCUT2D eigenvalue weighted by molar-refractivity contribution is 0.0523. The Morgan fingerprint density at radius 2 is 1.78 bits per heavy atom. The van der Waals surface area contributed by atoms with Crippen LogP contribution in [-0.4, -0.2) is 21.7 Å². The Morgan fingerprint density at radius 1 is 1.03 bits per heavy atom. The SMILES string of the molecule is CC(C)(C)OC(=O)NCc1cnc2c(c1)CC[C@@]21CCc2ccc(-c3ccccc3)nc21. The van der Waals surface area contributed by atoms with Crippen molar-refractivity contribution in [3.05, 3.63) is 82.8 Å². The maximum absolute atomic E-state index is 12.0. The monoisotopic (exact) mass is 427 g/mol. The zero-order valence-corrected chi connectivity index (χ0v) is 18.9. The van der Waals surface area contributed by atoms with Crippen LogP contribution in [0.3, 0.4) is 0 Å². The largest absolute Gasteiger partial charge is 0.444 e. The summed E-state index contributed by atoms with van der Waals surface area (Å²) in [4.78, 5) is 22.1. The van der Waals surface area contributed by atoms with Crippen molar-refractivity contribution < 1.29 is 9.53 Å². The maximum Gasteiger partial charge on any atom is 0.407 e. The number of hydrogen-bond donors (Lipinski definition) is 1. The molecule has 0 radical (unpaired) electrons. The molecule has 5 heteroatoms. The lowest BCUT2D eigenvalue weighted by Crippen LogP contribution is -2.32. The molecule has 5 nitrogen and oxygen atoms in total. The normalized spacial score (nSPS) is 19.0. The van der Waals surface area contributed by atoms with Crippen LogP contribution in [0.15, 0.2) is 54.7 Å². The number of hydrogen-bond acceptors (Lipinski definition) is 4. The van der Waals surface area contributed by atoms with Crippen molar-refractivity contribution in [3.8, 4) is 11.3 Å². The molecule has 1 aromatic carbocycles. The molecule has 1 spiro atoms. The maximum atomic E-state index is 12.0. The van der Waals surface area contributed by atoms with Gasteiger partial charge in [0.25, 0.3) is 0 Å². The highest BCUT2D eigenvalue weighted by Gasteiger charge is 2.47. The molecule has 2 aromatic heterocycles. The van der Waals surface area contributed by atoms with Gasteiger partial charge in [-0.2, -0.15) is 0 Å². The average molecular weight is 428 g/mol. The van der Waals surface area contributed by atoms with Gasteiger partial charge in [0.05, 0.1) is 22.5 Å². The number of carbonyl (C=O) groups excluding carboxylic acids is 1. The molecular formula is C27H29N3O2. The third-order valence-electron chi connectivity index (χ3n) is 6.46. The number of aromatic nitrogens is 2. The predicted molar refractivity (Wildman–Crippen MR) is 124 cm³/mol. The number of benzene rings is 1. The first-order valence-electron chi connectivity index (χ1n) is 11.4. The van der Waals surface area contributed by atoms with Gasteiger partial charge in [-0.25, -0.2) is 4.79 Å². The van der Waals surface area contributed by atoms with Gasteiger partial charge in [-0.3, -0.25) is 9.97 Å². The van der Waals surface area contributed by atoms with Crippen molar-refractivity contribution in [2.75, 3.05) is 0 Å². The van der Waals surface area contributed by atoms with Crippen LogP contribution < -0.4 is 5.32 Å². The van der Waals surface area contributed by atoms with E-state index in [9.17, 15) is 4.79 Å². The number of alkyl carbamates (subject to hydrolysis) is 1. The first-order valence-corrected chi connectivity index (χ1v) is 11.4. The number of nitrogens with zero attached hydrogens (tertiary/aromatic N) is 2. The molecule has 1 N–H and O–H groups in total. The number of aryl methyl sites for hydroxylation is 2. The Kier molecular flexibility index (Phi) is 5.00. The van der Waals surface area contributed by atoms with E-state index in [1.807, 2.05) is 33.0 Å². The van der Waals surface area contributed by atoms with Crippen LogP contribution >= 0.6 is 0 Å². The van der Waals surface area contributed by atoms with E-state index in [1.54, 1.807) is 0 Å². The Hall–Kier alpha value is -3.21. The van der Waals surface area contributed by atoms with Gasteiger partial charge in [0, 0.05) is 18.3 Å². The molecule has 0 fully saturated rings. The Balaban J connectivity index is 1.40. The summed E-state index contributed by atoms with van der Waals surface area (Å²) < 4.78 is 5.34. The van der Waals surface area contributed by atoms with Gasteiger partial charge in [-0.15, -0.1) is 0 Å². The van der Waals surface area contributed by atoms with Gasteiger partial charge in [-0.1, -0.05) is 42.5 Å². The van der Waals surface area contributed by atoms with E-state index in [1.165, 1.54) is 16.8 Å². The minimum Gasteiger partial charge on any atom is -0.444 e. The topological polar surface area (TPSA) is 64.1 Å². The van der Waals surface area contributed by atoms with Crippen LogP contribution in [-0.2, 0) is 29.5 Å². The molecule has 1 atom stereocenters. The zero-order chi connectivity index (χ0) is 22.3. The lowest BCUT2D eigenvalue weighted by atomic mass is 9.82. The molecule has 0 aliphatic heterocycles. The quantitative estimate of drug-likeness (QED) is 0.612. The zero-order valence-electron chi connectivity index (χ0n) is 18.9. The van der Waals surface area contributed by atoms with Crippen LogP contribution in [0.5, 0.6) is 0 Å². The minimum absolute atomic E-state index is 0.0907. The van der Waals surface area contributed by atoms with Gasteiger partial charge in [-0.05, 0) is 69.2 Å². The molecule has 5 rings (SSSR count). The number of ether oxygens (including phenoxy) is 1. The molecule has 0 saturated heterocycles.